The number of nitrogens with one attached hydrogen (secondary N) is 1. The van der Waals surface area contributed by atoms with E-state index in [-0.39, 0.29) is 11.5 Å². The van der Waals surface area contributed by atoms with Gasteiger partial charge in [0.15, 0.2) is 5.13 Å². The maximum atomic E-state index is 6.16. The number of nitrogens with zero attached hydrogens (tertiary/aromatic N) is 2. The lowest BCUT2D eigenvalue weighted by atomic mass is 9.93. The van der Waals surface area contributed by atoms with Crippen LogP contribution < -0.4 is 15.8 Å². The summed E-state index contributed by atoms with van der Waals surface area (Å²) in [6, 6.07) is 8.01. The summed E-state index contributed by atoms with van der Waals surface area (Å²) >= 11 is 3.39. The van der Waals surface area contributed by atoms with E-state index in [0.717, 1.165) is 58.1 Å². The second kappa shape index (κ2) is 9.53. The van der Waals surface area contributed by atoms with Gasteiger partial charge in [-0.25, -0.2) is 9.97 Å². The van der Waals surface area contributed by atoms with Crippen LogP contribution in [0.15, 0.2) is 45.3 Å². The SMILES string of the molecule is CC(C)(C)c1cnc(CSc2cnc(N[C@@H]3CCC[C@@H](Oc4ccc(N)cc4)C3)s2)o1. The highest BCUT2D eigenvalue weighted by atomic mass is 32.2. The number of anilines is 2. The second-order valence-corrected chi connectivity index (χ2v) is 11.3. The van der Waals surface area contributed by atoms with Crippen LogP contribution in [0.4, 0.5) is 10.8 Å². The van der Waals surface area contributed by atoms with Crippen molar-refractivity contribution in [3.05, 3.63) is 48.3 Å². The Morgan fingerprint density at radius 2 is 2.00 bits per heavy atom. The van der Waals surface area contributed by atoms with Crippen LogP contribution in [0.3, 0.4) is 0 Å². The van der Waals surface area contributed by atoms with Crippen molar-refractivity contribution in [1.82, 2.24) is 9.97 Å². The molecule has 2 atom stereocenters. The summed E-state index contributed by atoms with van der Waals surface area (Å²) in [5, 5.41) is 4.56. The van der Waals surface area contributed by atoms with E-state index in [2.05, 4.69) is 36.1 Å². The molecule has 0 bridgehead atoms. The van der Waals surface area contributed by atoms with Gasteiger partial charge in [0.2, 0.25) is 5.89 Å². The lowest BCUT2D eigenvalue weighted by Crippen LogP contribution is -2.33. The summed E-state index contributed by atoms with van der Waals surface area (Å²) in [7, 11) is 0. The van der Waals surface area contributed by atoms with Crippen LogP contribution in [-0.4, -0.2) is 22.1 Å². The highest BCUT2D eigenvalue weighted by Gasteiger charge is 2.24. The Kier molecular flexibility index (Phi) is 6.77. The van der Waals surface area contributed by atoms with Crippen molar-refractivity contribution >= 4 is 33.9 Å². The number of benzene rings is 1. The maximum Gasteiger partial charge on any atom is 0.204 e. The van der Waals surface area contributed by atoms with E-state index in [9.17, 15) is 0 Å². The van der Waals surface area contributed by atoms with Crippen molar-refractivity contribution < 1.29 is 9.15 Å². The van der Waals surface area contributed by atoms with Gasteiger partial charge in [-0.15, -0.1) is 11.8 Å². The summed E-state index contributed by atoms with van der Waals surface area (Å²) in [6.07, 6.45) is 8.30. The van der Waals surface area contributed by atoms with Crippen LogP contribution >= 0.6 is 23.1 Å². The van der Waals surface area contributed by atoms with Gasteiger partial charge in [-0.1, -0.05) is 32.1 Å². The highest BCUT2D eigenvalue weighted by Crippen LogP contribution is 2.33. The first kappa shape index (κ1) is 22.0. The molecule has 1 fully saturated rings. The lowest BCUT2D eigenvalue weighted by molar-refractivity contribution is 0.148. The third-order valence-corrected chi connectivity index (χ3v) is 7.36. The van der Waals surface area contributed by atoms with Gasteiger partial charge in [0, 0.05) is 23.6 Å². The molecular weight excluding hydrogens is 428 g/mol. The molecule has 1 aromatic carbocycles. The molecule has 0 unspecified atom stereocenters. The molecule has 0 aliphatic heterocycles. The minimum absolute atomic E-state index is 0.0209. The highest BCUT2D eigenvalue weighted by molar-refractivity contribution is 8.00. The number of thiazole rings is 1. The van der Waals surface area contributed by atoms with Gasteiger partial charge in [-0.3, -0.25) is 0 Å². The van der Waals surface area contributed by atoms with E-state index in [1.54, 1.807) is 23.1 Å². The summed E-state index contributed by atoms with van der Waals surface area (Å²) in [6.45, 7) is 6.38. The largest absolute Gasteiger partial charge is 0.490 e. The zero-order valence-electron chi connectivity index (χ0n) is 18.3. The average Bonchev–Trinajstić information content (AvgIpc) is 3.38. The molecular formula is C23H30N4O2S2. The van der Waals surface area contributed by atoms with Crippen LogP contribution in [0.5, 0.6) is 5.75 Å². The fourth-order valence-electron chi connectivity index (χ4n) is 3.55. The van der Waals surface area contributed by atoms with E-state index >= 15 is 0 Å². The number of hydrogen-bond donors (Lipinski definition) is 2. The topological polar surface area (TPSA) is 86.2 Å². The molecule has 4 rings (SSSR count). The Balaban J connectivity index is 1.27. The molecule has 1 aliphatic carbocycles. The van der Waals surface area contributed by atoms with Gasteiger partial charge in [0.05, 0.1) is 22.4 Å². The summed E-state index contributed by atoms with van der Waals surface area (Å²) in [5.41, 5.74) is 6.49. The zero-order valence-corrected chi connectivity index (χ0v) is 19.9. The smallest absolute Gasteiger partial charge is 0.204 e. The molecule has 3 N–H and O–H groups in total. The van der Waals surface area contributed by atoms with Gasteiger partial charge in [-0.2, -0.15) is 0 Å². The Labute approximate surface area is 192 Å². The molecule has 1 aliphatic rings. The molecule has 8 heteroatoms. The number of oxazole rings is 1. The van der Waals surface area contributed by atoms with Crippen molar-refractivity contribution in [2.24, 2.45) is 0 Å². The quantitative estimate of drug-likeness (QED) is 0.326. The first-order valence-electron chi connectivity index (χ1n) is 10.7. The number of aromatic nitrogens is 2. The zero-order chi connectivity index (χ0) is 21.8. The predicted molar refractivity (Wildman–Crippen MR) is 128 cm³/mol. The molecule has 2 heterocycles. The standard InChI is InChI=1S/C23H30N4O2S2/c1-23(2,3)19-12-25-20(29-19)14-30-21-13-26-22(31-21)27-16-5-4-6-18(11-16)28-17-9-7-15(24)8-10-17/h7-10,12-13,16,18H,4-6,11,14,24H2,1-3H3,(H,26,27)/t16-,18-/m1/s1. The average molecular weight is 459 g/mol. The Morgan fingerprint density at radius 1 is 1.19 bits per heavy atom. The third-order valence-electron chi connectivity index (χ3n) is 5.25. The van der Waals surface area contributed by atoms with Crippen molar-refractivity contribution in [3.63, 3.8) is 0 Å². The molecule has 1 saturated carbocycles. The Hall–Kier alpha value is -2.19. The van der Waals surface area contributed by atoms with E-state index in [0.29, 0.717) is 11.8 Å². The van der Waals surface area contributed by atoms with Crippen LogP contribution in [0.25, 0.3) is 0 Å². The molecule has 2 aromatic heterocycles. The molecule has 6 nitrogen and oxygen atoms in total. The van der Waals surface area contributed by atoms with Gasteiger partial charge >= 0.3 is 0 Å². The fourth-order valence-corrected chi connectivity index (χ4v) is 5.35. The summed E-state index contributed by atoms with van der Waals surface area (Å²) in [4.78, 5) is 8.97. The normalized spacial score (nSPS) is 19.3. The molecule has 0 radical (unpaired) electrons. The number of hydrogen-bond acceptors (Lipinski definition) is 8. The number of ether oxygens (including phenoxy) is 1. The molecule has 3 aromatic rings. The molecule has 0 amide bonds. The van der Waals surface area contributed by atoms with Gasteiger partial charge in [0.1, 0.15) is 17.6 Å². The monoisotopic (exact) mass is 458 g/mol. The fraction of sp³-hybridized carbons (Fsp3) is 0.478. The number of nitrogens with two attached hydrogens (primary N) is 1. The van der Waals surface area contributed by atoms with E-state index < -0.39 is 0 Å². The number of rotatable bonds is 7. The van der Waals surface area contributed by atoms with Crippen LogP contribution in [0, 0.1) is 0 Å². The molecule has 31 heavy (non-hydrogen) atoms. The first-order valence-corrected chi connectivity index (χ1v) is 12.5. The Morgan fingerprint density at radius 3 is 2.74 bits per heavy atom. The number of thioether (sulfide) groups is 1. The minimum Gasteiger partial charge on any atom is -0.490 e. The summed E-state index contributed by atoms with van der Waals surface area (Å²) < 4.78 is 13.2. The maximum absolute atomic E-state index is 6.16. The first-order chi connectivity index (χ1) is 14.8. The molecule has 166 valence electrons. The second-order valence-electron chi connectivity index (χ2n) is 8.96. The van der Waals surface area contributed by atoms with E-state index in [1.807, 2.05) is 36.7 Å². The van der Waals surface area contributed by atoms with Crippen molar-refractivity contribution in [2.45, 2.75) is 74.0 Å². The van der Waals surface area contributed by atoms with Crippen molar-refractivity contribution in [1.29, 1.82) is 0 Å². The Bertz CT molecular complexity index is 978. The van der Waals surface area contributed by atoms with Crippen molar-refractivity contribution in [3.8, 4) is 5.75 Å². The summed E-state index contributed by atoms with van der Waals surface area (Å²) in [5.74, 6) is 3.27. The minimum atomic E-state index is -0.0209. The predicted octanol–water partition coefficient (Wildman–Crippen LogP) is 6.11. The molecule has 0 saturated heterocycles. The van der Waals surface area contributed by atoms with Crippen molar-refractivity contribution in [2.75, 3.05) is 11.1 Å². The number of nitrogen functional groups attached to an aromatic ring is 1. The van der Waals surface area contributed by atoms with Gasteiger partial charge < -0.3 is 20.2 Å². The van der Waals surface area contributed by atoms with Crippen LogP contribution in [0.2, 0.25) is 0 Å². The van der Waals surface area contributed by atoms with Crippen LogP contribution in [-0.2, 0) is 11.2 Å². The third kappa shape index (κ3) is 6.17. The van der Waals surface area contributed by atoms with E-state index in [4.69, 9.17) is 14.9 Å². The van der Waals surface area contributed by atoms with Gasteiger partial charge in [0.25, 0.3) is 0 Å². The van der Waals surface area contributed by atoms with Crippen LogP contribution in [0.1, 0.15) is 58.1 Å². The van der Waals surface area contributed by atoms with E-state index in [1.165, 1.54) is 0 Å². The molecule has 0 spiro atoms. The van der Waals surface area contributed by atoms with Gasteiger partial charge in [-0.05, 0) is 43.5 Å². The lowest BCUT2D eigenvalue weighted by Gasteiger charge is -2.30.